The topological polar surface area (TPSA) is 120 Å². The molecule has 2 unspecified atom stereocenters. The molecule has 170 valence electrons. The van der Waals surface area contributed by atoms with Crippen LogP contribution in [0.15, 0.2) is 18.6 Å². The Kier molecular flexibility index (Phi) is 6.38. The van der Waals surface area contributed by atoms with E-state index in [1.165, 1.54) is 6.20 Å². The quantitative estimate of drug-likeness (QED) is 0.595. The zero-order chi connectivity index (χ0) is 22.2. The number of hydrogen-bond donors (Lipinski definition) is 2. The fraction of sp³-hybridized carbons (Fsp3) is 0.632. The minimum atomic E-state index is -3.16. The van der Waals surface area contributed by atoms with Gasteiger partial charge in [-0.2, -0.15) is 10.1 Å². The first kappa shape index (κ1) is 22.3. The van der Waals surface area contributed by atoms with Crippen molar-refractivity contribution in [1.29, 1.82) is 0 Å². The van der Waals surface area contributed by atoms with Crippen LogP contribution in [-0.2, 0) is 26.4 Å². The number of halogens is 1. The van der Waals surface area contributed by atoms with Gasteiger partial charge in [0.1, 0.15) is 11.1 Å². The third kappa shape index (κ3) is 5.28. The number of hydrogen-bond acceptors (Lipinski definition) is 9. The molecule has 0 bridgehead atoms. The van der Waals surface area contributed by atoms with Crippen molar-refractivity contribution in [1.82, 2.24) is 19.7 Å². The molecule has 0 aliphatic carbocycles. The number of anilines is 3. The van der Waals surface area contributed by atoms with Gasteiger partial charge in [0.25, 0.3) is 0 Å². The Hall–Kier alpha value is -1.95. The normalized spacial score (nSPS) is 25.7. The first-order valence-corrected chi connectivity index (χ1v) is 12.4. The molecule has 2 saturated heterocycles. The van der Waals surface area contributed by atoms with Crippen molar-refractivity contribution in [3.8, 4) is 0 Å². The van der Waals surface area contributed by atoms with Crippen LogP contribution in [0.2, 0.25) is 5.02 Å². The predicted molar refractivity (Wildman–Crippen MR) is 117 cm³/mol. The van der Waals surface area contributed by atoms with Gasteiger partial charge in [-0.15, -0.1) is 0 Å². The van der Waals surface area contributed by atoms with E-state index in [-0.39, 0.29) is 41.6 Å². The molecule has 4 rings (SSSR count). The standard InChI is InChI=1S/C19H27ClN6O4S/c1-11(2)9-31(27,28)10-12-7-29-17-15(8-30-16(12)17)24-18-14(20)5-21-19(25-18)23-13-4-22-26(3)6-13/h4-6,11-12,15-17H,7-10H2,1-3H3,(H2,21,23,24,25)/t12-,15-,16?,17?/m1/s1. The molecule has 2 aliphatic heterocycles. The Balaban J connectivity index is 1.41. The molecule has 0 aromatic carbocycles. The second kappa shape index (κ2) is 8.89. The van der Waals surface area contributed by atoms with Crippen LogP contribution in [0.25, 0.3) is 0 Å². The summed E-state index contributed by atoms with van der Waals surface area (Å²) < 4.78 is 38.4. The van der Waals surface area contributed by atoms with Gasteiger partial charge < -0.3 is 20.1 Å². The largest absolute Gasteiger partial charge is 0.373 e. The number of aromatic nitrogens is 4. The van der Waals surface area contributed by atoms with E-state index in [9.17, 15) is 8.42 Å². The predicted octanol–water partition coefficient (Wildman–Crippen LogP) is 1.87. The molecule has 2 N–H and O–H groups in total. The number of fused-ring (bicyclic) bond motifs is 1. The Morgan fingerprint density at radius 1 is 1.26 bits per heavy atom. The van der Waals surface area contributed by atoms with Gasteiger partial charge in [0.05, 0.1) is 54.9 Å². The molecular weight excluding hydrogens is 444 g/mol. The highest BCUT2D eigenvalue weighted by molar-refractivity contribution is 7.91. The summed E-state index contributed by atoms with van der Waals surface area (Å²) in [7, 11) is -1.34. The van der Waals surface area contributed by atoms with E-state index in [1.807, 2.05) is 20.9 Å². The number of aryl methyl sites for hydroxylation is 1. The summed E-state index contributed by atoms with van der Waals surface area (Å²) in [5.74, 6) is 0.996. The molecule has 0 radical (unpaired) electrons. The summed E-state index contributed by atoms with van der Waals surface area (Å²) in [5, 5.41) is 10.8. The third-order valence-corrected chi connectivity index (χ3v) is 7.63. The van der Waals surface area contributed by atoms with Gasteiger partial charge in [0.2, 0.25) is 5.95 Å². The van der Waals surface area contributed by atoms with Gasteiger partial charge in [-0.25, -0.2) is 13.4 Å². The number of nitrogens with zero attached hydrogens (tertiary/aromatic N) is 4. The molecule has 2 aliphatic rings. The molecule has 4 atom stereocenters. The van der Waals surface area contributed by atoms with E-state index in [0.717, 1.165) is 5.69 Å². The first-order chi connectivity index (χ1) is 14.7. The molecule has 2 aromatic heterocycles. The van der Waals surface area contributed by atoms with Gasteiger partial charge in [0, 0.05) is 19.2 Å². The summed E-state index contributed by atoms with van der Waals surface area (Å²) in [4.78, 5) is 8.66. The van der Waals surface area contributed by atoms with Crippen molar-refractivity contribution < 1.29 is 17.9 Å². The maximum absolute atomic E-state index is 12.4. The minimum absolute atomic E-state index is 0.0759. The highest BCUT2D eigenvalue weighted by Crippen LogP contribution is 2.34. The zero-order valence-corrected chi connectivity index (χ0v) is 19.2. The van der Waals surface area contributed by atoms with Crippen molar-refractivity contribution in [3.05, 3.63) is 23.6 Å². The summed E-state index contributed by atoms with van der Waals surface area (Å²) in [6.07, 6.45) is 4.45. The zero-order valence-electron chi connectivity index (χ0n) is 17.7. The number of nitrogens with one attached hydrogen (secondary N) is 2. The van der Waals surface area contributed by atoms with Gasteiger partial charge in [-0.1, -0.05) is 25.4 Å². The fourth-order valence-electron chi connectivity index (χ4n) is 4.07. The van der Waals surface area contributed by atoms with Crippen molar-refractivity contribution in [3.63, 3.8) is 0 Å². The van der Waals surface area contributed by atoms with Crippen molar-refractivity contribution >= 4 is 38.9 Å². The average molecular weight is 471 g/mol. The van der Waals surface area contributed by atoms with E-state index in [4.69, 9.17) is 21.1 Å². The van der Waals surface area contributed by atoms with Gasteiger partial charge in [-0.05, 0) is 5.92 Å². The summed E-state index contributed by atoms with van der Waals surface area (Å²) in [6, 6.07) is -0.193. The van der Waals surface area contributed by atoms with Crippen molar-refractivity contribution in [2.45, 2.75) is 32.1 Å². The van der Waals surface area contributed by atoms with E-state index in [0.29, 0.717) is 30.0 Å². The molecule has 0 saturated carbocycles. The summed E-state index contributed by atoms with van der Waals surface area (Å²) >= 11 is 6.30. The van der Waals surface area contributed by atoms with Crippen molar-refractivity contribution in [2.75, 3.05) is 35.4 Å². The maximum Gasteiger partial charge on any atom is 0.229 e. The number of sulfone groups is 1. The SMILES string of the molecule is CC(C)CS(=O)(=O)C[C@H]1COC2C1OC[C@H]2Nc1nc(Nc2cnn(C)c2)ncc1Cl. The van der Waals surface area contributed by atoms with Gasteiger partial charge in [-0.3, -0.25) is 4.68 Å². The fourth-order valence-corrected chi connectivity index (χ4v) is 6.30. The highest BCUT2D eigenvalue weighted by Gasteiger charge is 2.49. The Bertz CT molecular complexity index is 1030. The lowest BCUT2D eigenvalue weighted by Gasteiger charge is -2.19. The van der Waals surface area contributed by atoms with Crippen LogP contribution in [-0.4, -0.2) is 71.1 Å². The summed E-state index contributed by atoms with van der Waals surface area (Å²) in [5.41, 5.74) is 0.754. The molecule has 0 spiro atoms. The van der Waals surface area contributed by atoms with Crippen molar-refractivity contribution in [2.24, 2.45) is 18.9 Å². The number of rotatable bonds is 8. The van der Waals surface area contributed by atoms with E-state index in [2.05, 4.69) is 25.7 Å². The molecule has 31 heavy (non-hydrogen) atoms. The lowest BCUT2D eigenvalue weighted by molar-refractivity contribution is 0.0656. The molecule has 12 heteroatoms. The smallest absolute Gasteiger partial charge is 0.229 e. The van der Waals surface area contributed by atoms with Gasteiger partial charge in [0.15, 0.2) is 15.7 Å². The first-order valence-electron chi connectivity index (χ1n) is 10.2. The third-order valence-electron chi connectivity index (χ3n) is 5.24. The molecular formula is C19H27ClN6O4S. The van der Waals surface area contributed by atoms with Crippen LogP contribution in [0.4, 0.5) is 17.5 Å². The lowest BCUT2D eigenvalue weighted by atomic mass is 10.0. The maximum atomic E-state index is 12.4. The second-order valence-electron chi connectivity index (χ2n) is 8.50. The molecule has 4 heterocycles. The van der Waals surface area contributed by atoms with E-state index < -0.39 is 9.84 Å². The van der Waals surface area contributed by atoms with Crippen LogP contribution >= 0.6 is 11.6 Å². The average Bonchev–Trinajstić information content (AvgIpc) is 3.36. The van der Waals surface area contributed by atoms with E-state index in [1.54, 1.807) is 17.1 Å². The molecule has 10 nitrogen and oxygen atoms in total. The Morgan fingerprint density at radius 3 is 2.74 bits per heavy atom. The van der Waals surface area contributed by atoms with Gasteiger partial charge >= 0.3 is 0 Å². The molecule has 2 aromatic rings. The second-order valence-corrected chi connectivity index (χ2v) is 11.1. The lowest BCUT2D eigenvalue weighted by Crippen LogP contribution is -2.36. The van der Waals surface area contributed by atoms with Crippen LogP contribution in [0.3, 0.4) is 0 Å². The van der Waals surface area contributed by atoms with Crippen LogP contribution in [0.1, 0.15) is 13.8 Å². The van der Waals surface area contributed by atoms with Crippen LogP contribution in [0.5, 0.6) is 0 Å². The Morgan fingerprint density at radius 2 is 2.03 bits per heavy atom. The van der Waals surface area contributed by atoms with Crippen LogP contribution in [0, 0.1) is 11.8 Å². The Labute approximate surface area is 186 Å². The van der Waals surface area contributed by atoms with E-state index >= 15 is 0 Å². The number of ether oxygens (including phenoxy) is 2. The minimum Gasteiger partial charge on any atom is -0.373 e. The molecule has 2 fully saturated rings. The highest BCUT2D eigenvalue weighted by atomic mass is 35.5. The van der Waals surface area contributed by atoms with Crippen LogP contribution < -0.4 is 10.6 Å². The molecule has 0 amide bonds. The monoisotopic (exact) mass is 470 g/mol. The summed E-state index contributed by atoms with van der Waals surface area (Å²) in [6.45, 7) is 4.54.